The summed E-state index contributed by atoms with van der Waals surface area (Å²) in [5, 5.41) is 2.66. The number of rotatable bonds is 6. The molecule has 0 atom stereocenters. The van der Waals surface area contributed by atoms with Gasteiger partial charge in [-0.2, -0.15) is 0 Å². The normalized spacial score (nSPS) is 10.2. The van der Waals surface area contributed by atoms with Crippen LogP contribution in [0.4, 0.5) is 5.69 Å². The number of esters is 1. The molecule has 1 N–H and O–H groups in total. The van der Waals surface area contributed by atoms with Crippen LogP contribution in [0.3, 0.4) is 0 Å². The maximum atomic E-state index is 11.0. The average molecular weight is 263 g/mol. The molecule has 0 aliphatic heterocycles. The second-order valence-electron chi connectivity index (χ2n) is 3.67. The molecule has 0 heterocycles. The number of ether oxygens (including phenoxy) is 2. The van der Waals surface area contributed by atoms with Crippen molar-refractivity contribution in [1.82, 2.24) is 0 Å². The number of carbonyl (C=O) groups is 2. The largest absolute Gasteiger partial charge is 0.489 e. The Labute approximate surface area is 112 Å². The second-order valence-corrected chi connectivity index (χ2v) is 3.67. The van der Waals surface area contributed by atoms with Crippen LogP contribution >= 0.6 is 0 Å². The number of hydrogen-bond donors (Lipinski definition) is 1. The first-order chi connectivity index (χ1) is 9.11. The fraction of sp³-hybridized carbons (Fsp3) is 0.286. The summed E-state index contributed by atoms with van der Waals surface area (Å²) in [5.74, 6) is 0.0808. The molecule has 1 amide bonds. The van der Waals surface area contributed by atoms with Crippen LogP contribution < -0.4 is 10.1 Å². The van der Waals surface area contributed by atoms with Gasteiger partial charge in [-0.3, -0.25) is 4.79 Å². The van der Waals surface area contributed by atoms with E-state index in [1.807, 2.05) is 0 Å². The van der Waals surface area contributed by atoms with Crippen LogP contribution in [-0.2, 0) is 14.3 Å². The van der Waals surface area contributed by atoms with Gasteiger partial charge in [0.1, 0.15) is 12.4 Å². The molecule has 5 nitrogen and oxygen atoms in total. The van der Waals surface area contributed by atoms with Crippen molar-refractivity contribution < 1.29 is 19.1 Å². The third-order valence-corrected chi connectivity index (χ3v) is 2.04. The third kappa shape index (κ3) is 6.26. The van der Waals surface area contributed by atoms with Gasteiger partial charge in [0.2, 0.25) is 5.91 Å². The van der Waals surface area contributed by atoms with Crippen molar-refractivity contribution in [3.63, 3.8) is 0 Å². The van der Waals surface area contributed by atoms with Crippen molar-refractivity contribution in [1.29, 1.82) is 0 Å². The number of benzene rings is 1. The highest BCUT2D eigenvalue weighted by atomic mass is 16.5. The van der Waals surface area contributed by atoms with Gasteiger partial charge >= 0.3 is 5.97 Å². The lowest BCUT2D eigenvalue weighted by atomic mass is 10.3. The molecule has 0 bridgehead atoms. The van der Waals surface area contributed by atoms with Gasteiger partial charge in [0, 0.05) is 24.8 Å². The van der Waals surface area contributed by atoms with E-state index in [0.29, 0.717) is 18.0 Å². The van der Waals surface area contributed by atoms with Gasteiger partial charge < -0.3 is 14.8 Å². The molecule has 0 saturated carbocycles. The molecule has 19 heavy (non-hydrogen) atoms. The third-order valence-electron chi connectivity index (χ3n) is 2.04. The highest BCUT2D eigenvalue weighted by Gasteiger charge is 1.98. The van der Waals surface area contributed by atoms with Crippen molar-refractivity contribution >= 4 is 17.6 Å². The molecular weight excluding hydrogens is 246 g/mol. The summed E-state index contributed by atoms with van der Waals surface area (Å²) >= 11 is 0. The fourth-order valence-corrected chi connectivity index (χ4v) is 1.35. The van der Waals surface area contributed by atoms with Crippen molar-refractivity contribution in [2.75, 3.05) is 18.5 Å². The minimum Gasteiger partial charge on any atom is -0.489 e. The Hall–Kier alpha value is -2.30. The number of carbonyl (C=O) groups excluding carboxylic acids is 2. The zero-order valence-corrected chi connectivity index (χ0v) is 11.0. The van der Waals surface area contributed by atoms with Gasteiger partial charge in [-0.05, 0) is 25.1 Å². The molecule has 0 aliphatic carbocycles. The Morgan fingerprint density at radius 3 is 2.84 bits per heavy atom. The summed E-state index contributed by atoms with van der Waals surface area (Å²) in [7, 11) is 0. The van der Waals surface area contributed by atoms with Crippen LogP contribution in [0, 0.1) is 0 Å². The molecule has 0 aliphatic rings. The van der Waals surface area contributed by atoms with Gasteiger partial charge in [-0.25, -0.2) is 4.79 Å². The summed E-state index contributed by atoms with van der Waals surface area (Å²) < 4.78 is 10.1. The van der Waals surface area contributed by atoms with Crippen molar-refractivity contribution in [3.8, 4) is 5.75 Å². The summed E-state index contributed by atoms with van der Waals surface area (Å²) in [4.78, 5) is 21.9. The predicted octanol–water partition coefficient (Wildman–Crippen LogP) is 2.14. The van der Waals surface area contributed by atoms with Crippen molar-refractivity contribution in [3.05, 3.63) is 36.4 Å². The molecule has 1 aromatic rings. The van der Waals surface area contributed by atoms with Gasteiger partial charge in [0.25, 0.3) is 0 Å². The Balaban J connectivity index is 2.45. The quantitative estimate of drug-likeness (QED) is 0.631. The lowest BCUT2D eigenvalue weighted by Gasteiger charge is -2.06. The van der Waals surface area contributed by atoms with Crippen LogP contribution in [0.1, 0.15) is 13.8 Å². The monoisotopic (exact) mass is 263 g/mol. The molecule has 0 fully saturated rings. The molecule has 1 aromatic carbocycles. The first-order valence-electron chi connectivity index (χ1n) is 5.95. The fourth-order valence-electron chi connectivity index (χ4n) is 1.35. The van der Waals surface area contributed by atoms with E-state index in [-0.39, 0.29) is 12.5 Å². The first-order valence-corrected chi connectivity index (χ1v) is 5.95. The molecule has 0 unspecified atom stereocenters. The zero-order chi connectivity index (χ0) is 14.1. The van der Waals surface area contributed by atoms with Crippen LogP contribution in [0.5, 0.6) is 5.75 Å². The van der Waals surface area contributed by atoms with Crippen molar-refractivity contribution in [2.45, 2.75) is 13.8 Å². The number of amides is 1. The Morgan fingerprint density at radius 2 is 2.16 bits per heavy atom. The van der Waals surface area contributed by atoms with E-state index in [9.17, 15) is 9.59 Å². The minimum atomic E-state index is -0.391. The number of hydrogen-bond acceptors (Lipinski definition) is 4. The van der Waals surface area contributed by atoms with Crippen molar-refractivity contribution in [2.24, 2.45) is 0 Å². The van der Waals surface area contributed by atoms with E-state index in [1.165, 1.54) is 13.0 Å². The molecule has 1 rings (SSSR count). The average Bonchev–Trinajstić information content (AvgIpc) is 2.35. The lowest BCUT2D eigenvalue weighted by molar-refractivity contribution is -0.137. The van der Waals surface area contributed by atoms with Crippen LogP contribution in [-0.4, -0.2) is 25.1 Å². The van der Waals surface area contributed by atoms with Crippen LogP contribution in [0.15, 0.2) is 36.4 Å². The van der Waals surface area contributed by atoms with E-state index in [0.717, 1.165) is 0 Å². The molecule has 0 saturated heterocycles. The topological polar surface area (TPSA) is 64.6 Å². The Bertz CT molecular complexity index is 468. The zero-order valence-electron chi connectivity index (χ0n) is 11.0. The molecule has 0 aromatic heterocycles. The molecule has 5 heteroatoms. The minimum absolute atomic E-state index is 0.139. The predicted molar refractivity (Wildman–Crippen MR) is 72.0 cm³/mol. The van der Waals surface area contributed by atoms with Gasteiger partial charge in [0.05, 0.1) is 6.61 Å². The van der Waals surface area contributed by atoms with E-state index >= 15 is 0 Å². The first kappa shape index (κ1) is 14.8. The van der Waals surface area contributed by atoms with Gasteiger partial charge in [0.15, 0.2) is 0 Å². The lowest BCUT2D eigenvalue weighted by Crippen LogP contribution is -2.05. The highest BCUT2D eigenvalue weighted by molar-refractivity contribution is 5.88. The van der Waals surface area contributed by atoms with E-state index in [2.05, 4.69) is 5.32 Å². The number of anilines is 1. The van der Waals surface area contributed by atoms with E-state index in [4.69, 9.17) is 9.47 Å². The number of nitrogens with one attached hydrogen (secondary N) is 1. The summed E-state index contributed by atoms with van der Waals surface area (Å²) in [6.45, 7) is 3.79. The van der Waals surface area contributed by atoms with Gasteiger partial charge in [-0.1, -0.05) is 6.07 Å². The Morgan fingerprint density at radius 1 is 1.37 bits per heavy atom. The van der Waals surface area contributed by atoms with Crippen LogP contribution in [0.2, 0.25) is 0 Å². The molecular formula is C14H17NO4. The molecule has 0 spiro atoms. The molecule has 102 valence electrons. The van der Waals surface area contributed by atoms with E-state index < -0.39 is 5.97 Å². The summed E-state index contributed by atoms with van der Waals surface area (Å²) in [6.07, 6.45) is 2.89. The Kier molecular flexibility index (Phi) is 6.15. The second kappa shape index (κ2) is 7.92. The summed E-state index contributed by atoms with van der Waals surface area (Å²) in [5.41, 5.74) is 0.666. The SMILES string of the molecule is CCOC(=O)/C=C/COc1cccc(NC(C)=O)c1. The maximum Gasteiger partial charge on any atom is 0.330 e. The van der Waals surface area contributed by atoms with Gasteiger partial charge in [-0.15, -0.1) is 0 Å². The summed E-state index contributed by atoms with van der Waals surface area (Å²) in [6, 6.07) is 7.02. The van der Waals surface area contributed by atoms with Crippen LogP contribution in [0.25, 0.3) is 0 Å². The highest BCUT2D eigenvalue weighted by Crippen LogP contribution is 2.17. The standard InChI is InChI=1S/C14H17NO4/c1-3-18-14(17)8-5-9-19-13-7-4-6-12(10-13)15-11(2)16/h4-8,10H,3,9H2,1-2H3,(H,15,16)/b8-5+. The molecule has 0 radical (unpaired) electrons. The maximum absolute atomic E-state index is 11.0. The van der Waals surface area contributed by atoms with E-state index in [1.54, 1.807) is 37.3 Å². The smallest absolute Gasteiger partial charge is 0.330 e.